The number of β-amino-alcohol motifs (C(OH)–C–C–N with tert-alkyl or cyclic N) is 1. The van der Waals surface area contributed by atoms with E-state index in [1.54, 1.807) is 4.90 Å². The van der Waals surface area contributed by atoms with Crippen LogP contribution in [0.5, 0.6) is 0 Å². The Morgan fingerprint density at radius 1 is 1.40 bits per heavy atom. The van der Waals surface area contributed by atoms with Crippen molar-refractivity contribution in [2.24, 2.45) is 0 Å². The van der Waals surface area contributed by atoms with Crippen LogP contribution in [0.2, 0.25) is 5.15 Å². The number of likely N-dealkylation sites (tertiary alicyclic amines) is 1. The molecule has 0 radical (unpaired) electrons. The summed E-state index contributed by atoms with van der Waals surface area (Å²) in [6.07, 6.45) is 2.16. The van der Waals surface area contributed by atoms with Gasteiger partial charge in [0.1, 0.15) is 5.15 Å². The lowest BCUT2D eigenvalue weighted by Gasteiger charge is -2.46. The molecule has 5 heteroatoms. The minimum Gasteiger partial charge on any atom is -0.386 e. The van der Waals surface area contributed by atoms with Crippen LogP contribution in [0.4, 0.5) is 0 Å². The molecule has 104 valence electrons. The lowest BCUT2D eigenvalue weighted by atomic mass is 9.90. The van der Waals surface area contributed by atoms with Gasteiger partial charge in [-0.05, 0) is 11.8 Å². The number of carbonyl (C=O) groups is 1. The molecular weight excluding hydrogens is 276 g/mol. The summed E-state index contributed by atoms with van der Waals surface area (Å²) in [5, 5.41) is 12.0. The monoisotopic (exact) mass is 290 g/mol. The second kappa shape index (κ2) is 4.72. The molecule has 0 spiro atoms. The number of halogens is 1. The predicted octanol–water partition coefficient (Wildman–Crippen LogP) is 2.49. The summed E-state index contributed by atoms with van der Waals surface area (Å²) in [5.74, 6) is -0.108. The van der Waals surface area contributed by atoms with Crippen LogP contribution in [0.1, 0.15) is 23.7 Å². The van der Waals surface area contributed by atoms with E-state index >= 15 is 0 Å². The molecule has 1 fully saturated rings. The van der Waals surface area contributed by atoms with Crippen molar-refractivity contribution in [3.05, 3.63) is 41.2 Å². The number of pyridine rings is 1. The number of fused-ring (bicyclic) bond motifs is 1. The normalized spacial score (nSPS) is 17.1. The lowest BCUT2D eigenvalue weighted by molar-refractivity contribution is -0.0826. The number of amides is 1. The maximum absolute atomic E-state index is 12.5. The molecule has 4 nitrogen and oxygen atoms in total. The fourth-order valence-electron chi connectivity index (χ4n) is 2.53. The molecule has 0 atom stereocenters. The Bertz CT molecular complexity index is 681. The zero-order valence-corrected chi connectivity index (χ0v) is 11.9. The van der Waals surface area contributed by atoms with Crippen molar-refractivity contribution in [2.45, 2.75) is 18.9 Å². The molecular formula is C15H15ClN2O2. The standard InChI is InChI=1S/C15H15ClN2O2/c1-2-15(20)8-18(9-15)14(19)12-7-17-13(16)11-6-4-3-5-10(11)12/h3-7,20H,2,8-9H2,1H3. The third kappa shape index (κ3) is 2.05. The SMILES string of the molecule is CCC1(O)CN(C(=O)c2cnc(Cl)c3ccccc23)C1. The summed E-state index contributed by atoms with van der Waals surface area (Å²) in [7, 11) is 0. The Labute approximate surface area is 122 Å². The molecule has 1 aliphatic rings. The lowest BCUT2D eigenvalue weighted by Crippen LogP contribution is -2.63. The van der Waals surface area contributed by atoms with Crippen molar-refractivity contribution in [3.63, 3.8) is 0 Å². The molecule has 2 aromatic rings. The van der Waals surface area contributed by atoms with E-state index in [0.717, 1.165) is 10.8 Å². The molecule has 3 rings (SSSR count). The molecule has 1 N–H and O–H groups in total. The van der Waals surface area contributed by atoms with Gasteiger partial charge < -0.3 is 10.0 Å². The third-order valence-corrected chi connectivity index (χ3v) is 4.19. The third-order valence-electron chi connectivity index (χ3n) is 3.89. The van der Waals surface area contributed by atoms with Crippen LogP contribution >= 0.6 is 11.6 Å². The molecule has 2 heterocycles. The summed E-state index contributed by atoms with van der Waals surface area (Å²) in [6, 6.07) is 7.44. The fraction of sp³-hybridized carbons (Fsp3) is 0.333. The molecule has 1 aliphatic heterocycles. The molecule has 0 aliphatic carbocycles. The number of aliphatic hydroxyl groups is 1. The number of rotatable bonds is 2. The van der Waals surface area contributed by atoms with Gasteiger partial charge in [0, 0.05) is 11.6 Å². The highest BCUT2D eigenvalue weighted by Crippen LogP contribution is 2.29. The highest BCUT2D eigenvalue weighted by atomic mass is 35.5. The van der Waals surface area contributed by atoms with Gasteiger partial charge in [0.25, 0.3) is 5.91 Å². The summed E-state index contributed by atoms with van der Waals surface area (Å²) in [4.78, 5) is 18.2. The van der Waals surface area contributed by atoms with E-state index in [1.165, 1.54) is 6.20 Å². The summed E-state index contributed by atoms with van der Waals surface area (Å²) in [6.45, 7) is 2.67. The van der Waals surface area contributed by atoms with Crippen molar-refractivity contribution in [3.8, 4) is 0 Å². The van der Waals surface area contributed by atoms with E-state index in [4.69, 9.17) is 11.6 Å². The summed E-state index contributed by atoms with van der Waals surface area (Å²) in [5.41, 5.74) is -0.200. The number of aromatic nitrogens is 1. The average Bonchev–Trinajstić information content (AvgIpc) is 2.44. The molecule has 1 saturated heterocycles. The molecule has 0 unspecified atom stereocenters. The molecule has 1 aromatic heterocycles. The van der Waals surface area contributed by atoms with Crippen molar-refractivity contribution in [1.82, 2.24) is 9.88 Å². The quantitative estimate of drug-likeness (QED) is 0.865. The Hall–Kier alpha value is -1.65. The average molecular weight is 291 g/mol. The van der Waals surface area contributed by atoms with Crippen LogP contribution in [0.3, 0.4) is 0 Å². The number of carbonyl (C=O) groups excluding carboxylic acids is 1. The first-order valence-electron chi connectivity index (χ1n) is 6.59. The maximum Gasteiger partial charge on any atom is 0.256 e. The minimum atomic E-state index is -0.731. The number of hydrogen-bond donors (Lipinski definition) is 1. The van der Waals surface area contributed by atoms with Gasteiger partial charge in [-0.1, -0.05) is 42.8 Å². The van der Waals surface area contributed by atoms with E-state index in [0.29, 0.717) is 30.2 Å². The van der Waals surface area contributed by atoms with Gasteiger partial charge in [-0.3, -0.25) is 4.79 Å². The zero-order valence-electron chi connectivity index (χ0n) is 11.1. The number of hydrogen-bond acceptors (Lipinski definition) is 3. The first kappa shape index (κ1) is 13.3. The summed E-state index contributed by atoms with van der Waals surface area (Å²) >= 11 is 6.05. The number of benzene rings is 1. The van der Waals surface area contributed by atoms with Crippen LogP contribution < -0.4 is 0 Å². The van der Waals surface area contributed by atoms with E-state index in [1.807, 2.05) is 31.2 Å². The Morgan fingerprint density at radius 2 is 2.05 bits per heavy atom. The van der Waals surface area contributed by atoms with Gasteiger partial charge in [0.2, 0.25) is 0 Å². The smallest absolute Gasteiger partial charge is 0.256 e. The van der Waals surface area contributed by atoms with E-state index in [-0.39, 0.29) is 5.91 Å². The van der Waals surface area contributed by atoms with Crippen molar-refractivity contribution >= 4 is 28.3 Å². The Kier molecular flexibility index (Phi) is 3.15. The topological polar surface area (TPSA) is 53.4 Å². The van der Waals surface area contributed by atoms with Gasteiger partial charge in [0.15, 0.2) is 0 Å². The predicted molar refractivity (Wildman–Crippen MR) is 77.9 cm³/mol. The van der Waals surface area contributed by atoms with Gasteiger partial charge >= 0.3 is 0 Å². The van der Waals surface area contributed by atoms with Gasteiger partial charge in [-0.15, -0.1) is 0 Å². The summed E-state index contributed by atoms with van der Waals surface area (Å²) < 4.78 is 0. The highest BCUT2D eigenvalue weighted by Gasteiger charge is 2.42. The van der Waals surface area contributed by atoms with E-state index < -0.39 is 5.60 Å². The van der Waals surface area contributed by atoms with Crippen LogP contribution in [-0.2, 0) is 0 Å². The Morgan fingerprint density at radius 3 is 2.70 bits per heavy atom. The largest absolute Gasteiger partial charge is 0.386 e. The second-order valence-electron chi connectivity index (χ2n) is 5.25. The van der Waals surface area contributed by atoms with Gasteiger partial charge in [-0.2, -0.15) is 0 Å². The fourth-order valence-corrected chi connectivity index (χ4v) is 2.74. The second-order valence-corrected chi connectivity index (χ2v) is 5.61. The van der Waals surface area contributed by atoms with Crippen molar-refractivity contribution in [1.29, 1.82) is 0 Å². The first-order valence-corrected chi connectivity index (χ1v) is 6.97. The van der Waals surface area contributed by atoms with E-state index in [9.17, 15) is 9.90 Å². The van der Waals surface area contributed by atoms with E-state index in [2.05, 4.69) is 4.98 Å². The van der Waals surface area contributed by atoms with Crippen LogP contribution in [-0.4, -0.2) is 39.6 Å². The molecule has 1 amide bonds. The maximum atomic E-state index is 12.5. The minimum absolute atomic E-state index is 0.108. The molecule has 20 heavy (non-hydrogen) atoms. The van der Waals surface area contributed by atoms with Gasteiger partial charge in [-0.25, -0.2) is 4.98 Å². The zero-order chi connectivity index (χ0) is 14.3. The van der Waals surface area contributed by atoms with Gasteiger partial charge in [0.05, 0.1) is 24.3 Å². The van der Waals surface area contributed by atoms with Crippen LogP contribution in [0.15, 0.2) is 30.5 Å². The van der Waals surface area contributed by atoms with Crippen molar-refractivity contribution < 1.29 is 9.90 Å². The molecule has 1 aromatic carbocycles. The molecule has 0 saturated carbocycles. The molecule has 0 bridgehead atoms. The number of nitrogens with zero attached hydrogens (tertiary/aromatic N) is 2. The van der Waals surface area contributed by atoms with Crippen LogP contribution in [0.25, 0.3) is 10.8 Å². The van der Waals surface area contributed by atoms with Crippen molar-refractivity contribution in [2.75, 3.05) is 13.1 Å². The highest BCUT2D eigenvalue weighted by molar-refractivity contribution is 6.34. The van der Waals surface area contributed by atoms with Crippen LogP contribution in [0, 0.1) is 0 Å². The Balaban J connectivity index is 1.96. The first-order chi connectivity index (χ1) is 9.54.